The lowest BCUT2D eigenvalue weighted by Gasteiger charge is -2.28. The van der Waals surface area contributed by atoms with Gasteiger partial charge in [-0.25, -0.2) is 0 Å². The molecule has 2 heteroatoms. The first kappa shape index (κ1) is 12.7. The van der Waals surface area contributed by atoms with Crippen LogP contribution in [0.25, 0.3) is 10.9 Å². The van der Waals surface area contributed by atoms with Crippen LogP contribution in [0.1, 0.15) is 31.5 Å². The normalized spacial score (nSPS) is 19.0. The molecule has 0 saturated heterocycles. The number of benzene rings is 1. The number of nitrogens with zero attached hydrogens (tertiary/aromatic N) is 1. The van der Waals surface area contributed by atoms with Gasteiger partial charge < -0.3 is 9.88 Å². The van der Waals surface area contributed by atoms with Crippen molar-refractivity contribution in [2.45, 2.75) is 33.1 Å². The zero-order valence-corrected chi connectivity index (χ0v) is 12.1. The number of fused-ring (bicyclic) bond motifs is 3. The largest absolute Gasteiger partial charge is 0.358 e. The Morgan fingerprint density at radius 3 is 2.79 bits per heavy atom. The number of para-hydroxylation sites is 1. The van der Waals surface area contributed by atoms with Crippen molar-refractivity contribution in [2.75, 3.05) is 19.6 Å². The van der Waals surface area contributed by atoms with Gasteiger partial charge >= 0.3 is 0 Å². The molecule has 0 spiro atoms. The highest BCUT2D eigenvalue weighted by molar-refractivity contribution is 5.84. The summed E-state index contributed by atoms with van der Waals surface area (Å²) in [6.07, 6.45) is 3.79. The number of aryl methyl sites for hydroxylation is 1. The summed E-state index contributed by atoms with van der Waals surface area (Å²) >= 11 is 0. The van der Waals surface area contributed by atoms with Gasteiger partial charge in [0.1, 0.15) is 0 Å². The Balaban J connectivity index is 1.82. The molecule has 3 rings (SSSR count). The van der Waals surface area contributed by atoms with Gasteiger partial charge in [-0.1, -0.05) is 32.0 Å². The molecule has 0 aliphatic heterocycles. The van der Waals surface area contributed by atoms with Crippen molar-refractivity contribution in [3.05, 3.63) is 35.5 Å². The van der Waals surface area contributed by atoms with Crippen molar-refractivity contribution >= 4 is 10.9 Å². The van der Waals surface area contributed by atoms with E-state index in [1.165, 1.54) is 55.5 Å². The molecule has 1 aliphatic carbocycles. The third kappa shape index (κ3) is 2.42. The lowest BCUT2D eigenvalue weighted by molar-refractivity contribution is 0.239. The van der Waals surface area contributed by atoms with Crippen molar-refractivity contribution in [1.29, 1.82) is 0 Å². The van der Waals surface area contributed by atoms with Crippen LogP contribution in [-0.4, -0.2) is 29.5 Å². The topological polar surface area (TPSA) is 19.0 Å². The highest BCUT2D eigenvalue weighted by Crippen LogP contribution is 2.31. The molecule has 2 nitrogen and oxygen atoms in total. The fraction of sp³-hybridized carbons (Fsp3) is 0.529. The first-order valence-corrected chi connectivity index (χ1v) is 7.62. The van der Waals surface area contributed by atoms with Crippen LogP contribution >= 0.6 is 0 Å². The van der Waals surface area contributed by atoms with E-state index in [0.29, 0.717) is 0 Å². The third-order valence-corrected chi connectivity index (χ3v) is 4.61. The minimum absolute atomic E-state index is 0.826. The Bertz CT molecular complexity index is 551. The monoisotopic (exact) mass is 256 g/mol. The molecular weight excluding hydrogens is 232 g/mol. The Morgan fingerprint density at radius 1 is 1.21 bits per heavy atom. The molecule has 1 aromatic carbocycles. The van der Waals surface area contributed by atoms with Gasteiger partial charge in [0.15, 0.2) is 0 Å². The summed E-state index contributed by atoms with van der Waals surface area (Å²) in [7, 11) is 0. The van der Waals surface area contributed by atoms with Crippen molar-refractivity contribution in [3.63, 3.8) is 0 Å². The maximum Gasteiger partial charge on any atom is 0.0458 e. The summed E-state index contributed by atoms with van der Waals surface area (Å²) in [5.41, 5.74) is 4.38. The predicted octanol–water partition coefficient (Wildman–Crippen LogP) is 3.61. The number of H-pyrrole nitrogens is 1. The number of hydrogen-bond donors (Lipinski definition) is 1. The van der Waals surface area contributed by atoms with E-state index in [1.54, 1.807) is 5.56 Å². The van der Waals surface area contributed by atoms with E-state index in [1.807, 2.05) is 0 Å². The molecule has 1 heterocycles. The Morgan fingerprint density at radius 2 is 2.00 bits per heavy atom. The van der Waals surface area contributed by atoms with E-state index >= 15 is 0 Å². The second kappa shape index (κ2) is 5.38. The lowest BCUT2D eigenvalue weighted by Crippen LogP contribution is -2.31. The number of hydrogen-bond acceptors (Lipinski definition) is 1. The number of aromatic amines is 1. The zero-order valence-electron chi connectivity index (χ0n) is 12.1. The molecule has 0 bridgehead atoms. The molecule has 0 saturated carbocycles. The van der Waals surface area contributed by atoms with Crippen molar-refractivity contribution in [1.82, 2.24) is 9.88 Å². The van der Waals surface area contributed by atoms with E-state index in [2.05, 4.69) is 48.0 Å². The van der Waals surface area contributed by atoms with Gasteiger partial charge in [0.2, 0.25) is 0 Å². The van der Waals surface area contributed by atoms with Crippen LogP contribution in [0.15, 0.2) is 24.3 Å². The van der Waals surface area contributed by atoms with Gasteiger partial charge in [0.25, 0.3) is 0 Å². The quantitative estimate of drug-likeness (QED) is 0.885. The van der Waals surface area contributed by atoms with E-state index in [9.17, 15) is 0 Å². The molecule has 1 aliphatic rings. The van der Waals surface area contributed by atoms with Crippen LogP contribution in [0, 0.1) is 5.92 Å². The Hall–Kier alpha value is -1.28. The average molecular weight is 256 g/mol. The van der Waals surface area contributed by atoms with Crippen molar-refractivity contribution < 1.29 is 0 Å². The minimum atomic E-state index is 0.826. The fourth-order valence-electron chi connectivity index (χ4n) is 3.44. The molecule has 1 N–H and O–H groups in total. The SMILES string of the molecule is CCN(CC)C[C@@H]1CCc2[nH]c3ccccc3c2C1. The molecular formula is C17H24N2. The van der Waals surface area contributed by atoms with Gasteiger partial charge in [-0.3, -0.25) is 0 Å². The Kier molecular flexibility index (Phi) is 3.61. The maximum absolute atomic E-state index is 3.60. The standard InChI is InChI=1S/C17H24N2/c1-3-19(4-2)12-13-9-10-17-15(11-13)14-7-5-6-8-16(14)18-17/h5-8,13,18H,3-4,9-12H2,1-2H3/t13-/m1/s1. The summed E-state index contributed by atoms with van der Waals surface area (Å²) in [6, 6.07) is 8.75. The second-order valence-corrected chi connectivity index (χ2v) is 5.72. The van der Waals surface area contributed by atoms with Gasteiger partial charge in [-0.05, 0) is 49.9 Å². The molecule has 1 atom stereocenters. The molecule has 0 amide bonds. The first-order valence-electron chi connectivity index (χ1n) is 7.62. The van der Waals surface area contributed by atoms with E-state index in [-0.39, 0.29) is 0 Å². The van der Waals surface area contributed by atoms with Gasteiger partial charge in [-0.15, -0.1) is 0 Å². The number of nitrogens with one attached hydrogen (secondary N) is 1. The fourth-order valence-corrected chi connectivity index (χ4v) is 3.44. The first-order chi connectivity index (χ1) is 9.31. The summed E-state index contributed by atoms with van der Waals surface area (Å²) in [6.45, 7) is 8.14. The smallest absolute Gasteiger partial charge is 0.0458 e. The molecule has 2 aromatic rings. The van der Waals surface area contributed by atoms with Crippen LogP contribution in [0.4, 0.5) is 0 Å². The van der Waals surface area contributed by atoms with E-state index in [0.717, 1.165) is 5.92 Å². The zero-order chi connectivity index (χ0) is 13.2. The predicted molar refractivity (Wildman–Crippen MR) is 81.6 cm³/mol. The van der Waals surface area contributed by atoms with Gasteiger partial charge in [0.05, 0.1) is 0 Å². The highest BCUT2D eigenvalue weighted by atomic mass is 15.1. The summed E-state index contributed by atoms with van der Waals surface area (Å²) in [5, 5.41) is 1.45. The molecule has 0 radical (unpaired) electrons. The maximum atomic E-state index is 3.60. The molecule has 0 fully saturated rings. The molecule has 102 valence electrons. The van der Waals surface area contributed by atoms with Gasteiger partial charge in [0, 0.05) is 23.1 Å². The van der Waals surface area contributed by atoms with E-state index in [4.69, 9.17) is 0 Å². The number of rotatable bonds is 4. The number of aromatic nitrogens is 1. The van der Waals surface area contributed by atoms with Crippen LogP contribution in [0.2, 0.25) is 0 Å². The van der Waals surface area contributed by atoms with Crippen molar-refractivity contribution in [2.24, 2.45) is 5.92 Å². The summed E-state index contributed by atoms with van der Waals surface area (Å²) in [4.78, 5) is 6.16. The average Bonchev–Trinajstić information content (AvgIpc) is 2.82. The van der Waals surface area contributed by atoms with Gasteiger partial charge in [-0.2, -0.15) is 0 Å². The van der Waals surface area contributed by atoms with Crippen LogP contribution < -0.4 is 0 Å². The summed E-state index contributed by atoms with van der Waals surface area (Å²) < 4.78 is 0. The van der Waals surface area contributed by atoms with Crippen LogP contribution in [-0.2, 0) is 12.8 Å². The van der Waals surface area contributed by atoms with E-state index < -0.39 is 0 Å². The van der Waals surface area contributed by atoms with Crippen molar-refractivity contribution in [3.8, 4) is 0 Å². The summed E-state index contributed by atoms with van der Waals surface area (Å²) in [5.74, 6) is 0.826. The molecule has 19 heavy (non-hydrogen) atoms. The van der Waals surface area contributed by atoms with Crippen LogP contribution in [0.5, 0.6) is 0 Å². The molecule has 0 unspecified atom stereocenters. The minimum Gasteiger partial charge on any atom is -0.358 e. The van der Waals surface area contributed by atoms with Crippen LogP contribution in [0.3, 0.4) is 0 Å². The Labute approximate surface area is 115 Å². The second-order valence-electron chi connectivity index (χ2n) is 5.72. The lowest BCUT2D eigenvalue weighted by atomic mass is 9.86. The third-order valence-electron chi connectivity index (χ3n) is 4.61. The highest BCUT2D eigenvalue weighted by Gasteiger charge is 2.23. The molecule has 1 aromatic heterocycles.